The van der Waals surface area contributed by atoms with E-state index in [0.717, 1.165) is 31.9 Å². The molecule has 2 rings (SSSR count). The van der Waals surface area contributed by atoms with E-state index in [2.05, 4.69) is 4.99 Å². The summed E-state index contributed by atoms with van der Waals surface area (Å²) in [5.74, 6) is 1.45. The minimum atomic E-state index is 0.334. The average Bonchev–Trinajstić information content (AvgIpc) is 2.31. The normalized spacial score (nSPS) is 30.4. The number of aliphatic imine (C=N–C) groups is 1. The van der Waals surface area contributed by atoms with Crippen molar-refractivity contribution < 1.29 is 4.74 Å². The van der Waals surface area contributed by atoms with Gasteiger partial charge in [-0.15, -0.1) is 0 Å². The van der Waals surface area contributed by atoms with Crippen molar-refractivity contribution in [2.24, 2.45) is 16.6 Å². The van der Waals surface area contributed by atoms with E-state index in [1.807, 2.05) is 0 Å². The van der Waals surface area contributed by atoms with Crippen LogP contribution in [0.5, 0.6) is 0 Å². The molecule has 3 nitrogen and oxygen atoms in total. The van der Waals surface area contributed by atoms with E-state index in [1.54, 1.807) is 0 Å². The Morgan fingerprint density at radius 1 is 1.07 bits per heavy atom. The van der Waals surface area contributed by atoms with Gasteiger partial charge in [0.2, 0.25) is 0 Å². The Morgan fingerprint density at radius 2 is 1.87 bits per heavy atom. The molecule has 15 heavy (non-hydrogen) atoms. The maximum absolute atomic E-state index is 6.07. The maximum atomic E-state index is 6.07. The van der Waals surface area contributed by atoms with Gasteiger partial charge in [-0.2, -0.15) is 0 Å². The van der Waals surface area contributed by atoms with Crippen LogP contribution in [0.15, 0.2) is 4.99 Å². The maximum Gasteiger partial charge on any atom is 0.0972 e. The average molecular weight is 210 g/mol. The Labute approximate surface area is 92.1 Å². The second kappa shape index (κ2) is 5.50. The van der Waals surface area contributed by atoms with E-state index in [0.29, 0.717) is 12.0 Å². The van der Waals surface area contributed by atoms with Crippen LogP contribution in [-0.2, 0) is 4.74 Å². The first-order valence-corrected chi connectivity index (χ1v) is 6.27. The van der Waals surface area contributed by atoms with Gasteiger partial charge in [0.05, 0.1) is 18.5 Å². The summed E-state index contributed by atoms with van der Waals surface area (Å²) in [7, 11) is 0. The van der Waals surface area contributed by atoms with Crippen molar-refractivity contribution in [2.45, 2.75) is 51.0 Å². The lowest BCUT2D eigenvalue weighted by molar-refractivity contribution is 0.0826. The fourth-order valence-electron chi connectivity index (χ4n) is 2.54. The Hall–Kier alpha value is -0.570. The summed E-state index contributed by atoms with van der Waals surface area (Å²) in [6.45, 7) is 1.67. The highest BCUT2D eigenvalue weighted by atomic mass is 16.5. The van der Waals surface area contributed by atoms with E-state index in [1.165, 1.54) is 32.1 Å². The number of rotatable bonds is 2. The third-order valence-electron chi connectivity index (χ3n) is 3.49. The molecule has 1 aliphatic carbocycles. The topological polar surface area (TPSA) is 47.6 Å². The first-order chi connectivity index (χ1) is 7.36. The van der Waals surface area contributed by atoms with Crippen molar-refractivity contribution in [3.8, 4) is 0 Å². The van der Waals surface area contributed by atoms with Crippen molar-refractivity contribution in [3.63, 3.8) is 0 Å². The Kier molecular flexibility index (Phi) is 4.01. The smallest absolute Gasteiger partial charge is 0.0972 e. The highest BCUT2D eigenvalue weighted by molar-refractivity contribution is 5.83. The Bertz CT molecular complexity index is 216. The van der Waals surface area contributed by atoms with Gasteiger partial charge >= 0.3 is 0 Å². The van der Waals surface area contributed by atoms with Crippen LogP contribution >= 0.6 is 0 Å². The molecule has 0 aromatic carbocycles. The van der Waals surface area contributed by atoms with Crippen molar-refractivity contribution in [1.29, 1.82) is 0 Å². The quantitative estimate of drug-likeness (QED) is 0.560. The van der Waals surface area contributed by atoms with Crippen LogP contribution in [0, 0.1) is 5.92 Å². The van der Waals surface area contributed by atoms with E-state index < -0.39 is 0 Å². The van der Waals surface area contributed by atoms with Crippen molar-refractivity contribution in [3.05, 3.63) is 0 Å². The lowest BCUT2D eigenvalue weighted by Crippen LogP contribution is -2.30. The molecule has 3 heteroatoms. The molecule has 1 unspecified atom stereocenters. The van der Waals surface area contributed by atoms with Crippen LogP contribution in [0.4, 0.5) is 0 Å². The molecule has 1 saturated carbocycles. The molecule has 0 radical (unpaired) electrons. The Morgan fingerprint density at radius 3 is 2.53 bits per heavy atom. The first-order valence-electron chi connectivity index (χ1n) is 6.27. The fraction of sp³-hybridized carbons (Fsp3) is 0.917. The largest absolute Gasteiger partial charge is 0.387 e. The van der Waals surface area contributed by atoms with Gasteiger partial charge in [-0.05, 0) is 25.7 Å². The van der Waals surface area contributed by atoms with Crippen molar-refractivity contribution >= 4 is 5.84 Å². The zero-order chi connectivity index (χ0) is 10.5. The van der Waals surface area contributed by atoms with Gasteiger partial charge in [-0.25, -0.2) is 0 Å². The van der Waals surface area contributed by atoms with E-state index in [9.17, 15) is 0 Å². The molecule has 1 heterocycles. The predicted octanol–water partition coefficient (Wildman–Crippen LogP) is 2.10. The SMILES string of the molecule is NC(=NC1CCCOC1)C1CCCCC1. The molecule has 1 atom stereocenters. The lowest BCUT2D eigenvalue weighted by Gasteiger charge is -2.24. The van der Waals surface area contributed by atoms with Gasteiger partial charge in [0.1, 0.15) is 0 Å². The second-order valence-corrected chi connectivity index (χ2v) is 4.76. The van der Waals surface area contributed by atoms with Gasteiger partial charge in [-0.3, -0.25) is 4.99 Å². The van der Waals surface area contributed by atoms with Gasteiger partial charge in [-0.1, -0.05) is 19.3 Å². The molecule has 2 fully saturated rings. The predicted molar refractivity (Wildman–Crippen MR) is 62.0 cm³/mol. The molecule has 0 spiro atoms. The monoisotopic (exact) mass is 210 g/mol. The van der Waals surface area contributed by atoms with Gasteiger partial charge in [0.25, 0.3) is 0 Å². The molecule has 0 aromatic rings. The summed E-state index contributed by atoms with van der Waals surface area (Å²) in [4.78, 5) is 4.63. The molecule has 0 amide bonds. The summed E-state index contributed by atoms with van der Waals surface area (Å²) in [5, 5.41) is 0. The highest BCUT2D eigenvalue weighted by Crippen LogP contribution is 2.24. The second-order valence-electron chi connectivity index (χ2n) is 4.76. The lowest BCUT2D eigenvalue weighted by atomic mass is 9.88. The van der Waals surface area contributed by atoms with E-state index >= 15 is 0 Å². The fourth-order valence-corrected chi connectivity index (χ4v) is 2.54. The molecular weight excluding hydrogens is 188 g/mol. The molecule has 0 aromatic heterocycles. The number of hydrogen-bond donors (Lipinski definition) is 1. The number of nitrogens with two attached hydrogens (primary N) is 1. The number of hydrogen-bond acceptors (Lipinski definition) is 2. The summed E-state index contributed by atoms with van der Waals surface area (Å²) in [5.41, 5.74) is 6.07. The third-order valence-corrected chi connectivity index (χ3v) is 3.49. The molecular formula is C12H22N2O. The Balaban J connectivity index is 1.86. The molecule has 1 aliphatic heterocycles. The van der Waals surface area contributed by atoms with Crippen LogP contribution in [0.3, 0.4) is 0 Å². The summed E-state index contributed by atoms with van der Waals surface area (Å²) in [6.07, 6.45) is 8.77. The zero-order valence-electron chi connectivity index (χ0n) is 9.45. The molecule has 2 N–H and O–H groups in total. The van der Waals surface area contributed by atoms with Crippen LogP contribution in [0.2, 0.25) is 0 Å². The van der Waals surface area contributed by atoms with Crippen LogP contribution in [-0.4, -0.2) is 25.1 Å². The van der Waals surface area contributed by atoms with E-state index in [4.69, 9.17) is 10.5 Å². The number of amidine groups is 1. The van der Waals surface area contributed by atoms with Crippen molar-refractivity contribution in [2.75, 3.05) is 13.2 Å². The van der Waals surface area contributed by atoms with Gasteiger partial charge in [0.15, 0.2) is 0 Å². The molecule has 0 bridgehead atoms. The minimum Gasteiger partial charge on any atom is -0.387 e. The van der Waals surface area contributed by atoms with Crippen LogP contribution in [0.1, 0.15) is 44.9 Å². The third kappa shape index (κ3) is 3.20. The van der Waals surface area contributed by atoms with Gasteiger partial charge < -0.3 is 10.5 Å². The molecule has 86 valence electrons. The van der Waals surface area contributed by atoms with Crippen LogP contribution < -0.4 is 5.73 Å². The highest BCUT2D eigenvalue weighted by Gasteiger charge is 2.19. The standard InChI is InChI=1S/C12H22N2O/c13-12(10-5-2-1-3-6-10)14-11-7-4-8-15-9-11/h10-11H,1-9H2,(H2,13,14). The number of nitrogens with zero attached hydrogens (tertiary/aromatic N) is 1. The minimum absolute atomic E-state index is 0.334. The van der Waals surface area contributed by atoms with E-state index in [-0.39, 0.29) is 0 Å². The summed E-state index contributed by atoms with van der Waals surface area (Å²) >= 11 is 0. The van der Waals surface area contributed by atoms with Crippen molar-refractivity contribution in [1.82, 2.24) is 0 Å². The molecule has 2 aliphatic rings. The first kappa shape index (κ1) is 10.9. The molecule has 1 saturated heterocycles. The summed E-state index contributed by atoms with van der Waals surface area (Å²) < 4.78 is 5.41. The van der Waals surface area contributed by atoms with Gasteiger partial charge in [0, 0.05) is 12.5 Å². The van der Waals surface area contributed by atoms with Crippen LogP contribution in [0.25, 0.3) is 0 Å². The summed E-state index contributed by atoms with van der Waals surface area (Å²) in [6, 6.07) is 0.334. The number of ether oxygens (including phenoxy) is 1. The zero-order valence-corrected chi connectivity index (χ0v) is 9.45.